The summed E-state index contributed by atoms with van der Waals surface area (Å²) in [6, 6.07) is 5.16. The van der Waals surface area contributed by atoms with Gasteiger partial charge in [0.15, 0.2) is 5.78 Å². The number of halogens is 6. The highest BCUT2D eigenvalue weighted by Gasteiger charge is 2.41. The number of benzene rings is 2. The Bertz CT molecular complexity index is 1170. The molecular weight excluding hydrogens is 586 g/mol. The zero-order chi connectivity index (χ0) is 32.2. The highest BCUT2D eigenvalue weighted by molar-refractivity contribution is 5.90. The first-order valence-electron chi connectivity index (χ1n) is 15.1. The second-order valence-corrected chi connectivity index (χ2v) is 11.6. The van der Waals surface area contributed by atoms with E-state index in [1.807, 2.05) is 23.6 Å². The van der Waals surface area contributed by atoms with Crippen molar-refractivity contribution in [1.29, 1.82) is 0 Å². The van der Waals surface area contributed by atoms with Gasteiger partial charge in [-0.3, -0.25) is 14.6 Å². The predicted molar refractivity (Wildman–Crippen MR) is 159 cm³/mol. The van der Waals surface area contributed by atoms with E-state index in [4.69, 9.17) is 11.5 Å². The van der Waals surface area contributed by atoms with Gasteiger partial charge in [0.1, 0.15) is 0 Å². The minimum Gasteiger partial charge on any atom is -0.399 e. The van der Waals surface area contributed by atoms with Gasteiger partial charge in [0, 0.05) is 63.7 Å². The summed E-state index contributed by atoms with van der Waals surface area (Å²) in [4.78, 5) is 22.9. The fourth-order valence-corrected chi connectivity index (χ4v) is 6.31. The number of piperazine rings is 2. The lowest BCUT2D eigenvalue weighted by molar-refractivity contribution is -0.139. The Morgan fingerprint density at radius 3 is 1.30 bits per heavy atom. The Morgan fingerprint density at radius 2 is 1.00 bits per heavy atom. The van der Waals surface area contributed by atoms with E-state index in [1.54, 1.807) is 0 Å². The van der Waals surface area contributed by atoms with Crippen LogP contribution in [0.2, 0.25) is 0 Å². The Kier molecular flexibility index (Phi) is 10.9. The fourth-order valence-electron chi connectivity index (χ4n) is 6.31. The second kappa shape index (κ2) is 14.1. The summed E-state index contributed by atoms with van der Waals surface area (Å²) in [5.41, 5.74) is 9.37. The third-order valence-corrected chi connectivity index (χ3v) is 8.95. The quantitative estimate of drug-likeness (QED) is 0.301. The molecule has 2 aromatic carbocycles. The van der Waals surface area contributed by atoms with Gasteiger partial charge in [-0.15, -0.1) is 0 Å². The first-order chi connectivity index (χ1) is 20.7. The molecule has 0 bridgehead atoms. The minimum absolute atomic E-state index is 0.0461. The Balaban J connectivity index is 1.76. The molecule has 0 radical (unpaired) electrons. The van der Waals surface area contributed by atoms with Gasteiger partial charge in [-0.05, 0) is 61.3 Å². The van der Waals surface area contributed by atoms with Gasteiger partial charge in [0.25, 0.3) is 0 Å². The predicted octanol–water partition coefficient (Wildman–Crippen LogP) is 4.26. The number of ketones is 1. The van der Waals surface area contributed by atoms with Gasteiger partial charge in [-0.1, -0.05) is 26.0 Å². The lowest BCUT2D eigenvalue weighted by Crippen LogP contribution is -2.60. The number of alkyl halides is 6. The molecule has 4 N–H and O–H groups in total. The van der Waals surface area contributed by atoms with E-state index in [9.17, 15) is 31.1 Å². The molecule has 2 fully saturated rings. The summed E-state index contributed by atoms with van der Waals surface area (Å²) in [7, 11) is 0. The van der Waals surface area contributed by atoms with Crippen LogP contribution in [0.5, 0.6) is 0 Å². The number of carbonyl (C=O) groups is 1. The highest BCUT2D eigenvalue weighted by atomic mass is 19.4. The summed E-state index contributed by atoms with van der Waals surface area (Å²) in [6.07, 6.45) is -9.86. The van der Waals surface area contributed by atoms with Crippen LogP contribution in [0, 0.1) is 0 Å². The number of hydrogen-bond donors (Lipinski definition) is 2. The van der Waals surface area contributed by atoms with Crippen LogP contribution in [0.4, 0.5) is 37.7 Å². The molecular formula is C31H42F6N6O. The van der Waals surface area contributed by atoms with Gasteiger partial charge in [-0.2, -0.15) is 26.3 Å². The third kappa shape index (κ3) is 8.23. The van der Waals surface area contributed by atoms with Crippen molar-refractivity contribution in [2.24, 2.45) is 0 Å². The fraction of sp³-hybridized carbons (Fsp3) is 0.581. The number of nitrogen functional groups attached to an aromatic ring is 2. The van der Waals surface area contributed by atoms with Crippen molar-refractivity contribution in [3.8, 4) is 0 Å². The zero-order valence-electron chi connectivity index (χ0n) is 25.2. The molecule has 2 saturated heterocycles. The number of carbonyl (C=O) groups excluding carboxylic acids is 1. The van der Waals surface area contributed by atoms with E-state index in [0.717, 1.165) is 25.2 Å². The van der Waals surface area contributed by atoms with Crippen LogP contribution in [0.1, 0.15) is 36.1 Å². The standard InChI is InChI=1S/C31H42F6N6O/c1-3-40-9-13-42(14-10-40)27(17-21-5-7-23(38)19-25(21)30(32,33)34)29(44)28(43-15-11-41(4-2)12-16-43)18-22-6-8-24(39)20-26(22)31(35,36)37/h5-8,19-20,27-28H,3-4,9-18,38-39H2,1-2H3. The lowest BCUT2D eigenvalue weighted by Gasteiger charge is -2.43. The van der Waals surface area contributed by atoms with Crippen molar-refractivity contribution in [3.05, 3.63) is 58.7 Å². The lowest BCUT2D eigenvalue weighted by atomic mass is 9.88. The molecule has 0 saturated carbocycles. The maximum absolute atomic E-state index is 14.7. The van der Waals surface area contributed by atoms with Crippen molar-refractivity contribution < 1.29 is 31.1 Å². The number of anilines is 2. The molecule has 0 aromatic heterocycles. The van der Waals surface area contributed by atoms with Crippen LogP contribution < -0.4 is 11.5 Å². The molecule has 4 rings (SSSR count). The van der Waals surface area contributed by atoms with Gasteiger partial charge >= 0.3 is 12.4 Å². The Hall–Kier alpha value is -2.87. The summed E-state index contributed by atoms with van der Waals surface area (Å²) in [6.45, 7) is 9.94. The molecule has 2 aliphatic heterocycles. The number of hydrogen-bond acceptors (Lipinski definition) is 7. The minimum atomic E-state index is -4.69. The van der Waals surface area contributed by atoms with Crippen LogP contribution in [0.15, 0.2) is 36.4 Å². The number of rotatable bonds is 10. The Labute approximate surface area is 254 Å². The van der Waals surface area contributed by atoms with Crippen LogP contribution in [0.25, 0.3) is 0 Å². The largest absolute Gasteiger partial charge is 0.416 e. The first kappa shape index (κ1) is 34.0. The van der Waals surface area contributed by atoms with Crippen LogP contribution in [-0.4, -0.2) is 103 Å². The monoisotopic (exact) mass is 628 g/mol. The van der Waals surface area contributed by atoms with E-state index in [1.165, 1.54) is 24.3 Å². The highest BCUT2D eigenvalue weighted by Crippen LogP contribution is 2.36. The number of Topliss-reactive ketones (excluding diaryl/α,β-unsaturated/α-hetero) is 1. The summed E-state index contributed by atoms with van der Waals surface area (Å²) < 4.78 is 84.7. The van der Waals surface area contributed by atoms with Crippen molar-refractivity contribution in [1.82, 2.24) is 19.6 Å². The van der Waals surface area contributed by atoms with E-state index in [0.29, 0.717) is 52.4 Å². The first-order valence-corrected chi connectivity index (χ1v) is 15.1. The molecule has 2 unspecified atom stereocenters. The number of nitrogens with zero attached hydrogens (tertiary/aromatic N) is 4. The third-order valence-electron chi connectivity index (χ3n) is 8.95. The topological polar surface area (TPSA) is 82.1 Å². The van der Waals surface area contributed by atoms with Gasteiger partial charge in [-0.25, -0.2) is 0 Å². The average Bonchev–Trinajstić information content (AvgIpc) is 2.98. The normalized spacial score (nSPS) is 19.6. The molecule has 7 nitrogen and oxygen atoms in total. The molecule has 13 heteroatoms. The average molecular weight is 629 g/mol. The molecule has 2 heterocycles. The molecule has 2 aromatic rings. The van der Waals surface area contributed by atoms with Crippen molar-refractivity contribution >= 4 is 17.2 Å². The molecule has 0 amide bonds. The molecule has 44 heavy (non-hydrogen) atoms. The van der Waals surface area contributed by atoms with Crippen LogP contribution in [-0.2, 0) is 30.0 Å². The maximum Gasteiger partial charge on any atom is 0.416 e. The smallest absolute Gasteiger partial charge is 0.399 e. The summed E-state index contributed by atoms with van der Waals surface area (Å²) in [5, 5.41) is 0. The van der Waals surface area contributed by atoms with Gasteiger partial charge < -0.3 is 21.3 Å². The summed E-state index contributed by atoms with van der Waals surface area (Å²) in [5.74, 6) is -0.380. The molecule has 2 aliphatic rings. The molecule has 244 valence electrons. The van der Waals surface area contributed by atoms with Crippen molar-refractivity contribution in [3.63, 3.8) is 0 Å². The molecule has 0 spiro atoms. The van der Waals surface area contributed by atoms with Gasteiger partial charge in [0.05, 0.1) is 23.2 Å². The van der Waals surface area contributed by atoms with Crippen molar-refractivity contribution in [2.75, 3.05) is 76.9 Å². The Morgan fingerprint density at radius 1 is 0.659 bits per heavy atom. The molecule has 2 atom stereocenters. The van der Waals surface area contributed by atoms with Gasteiger partial charge in [0.2, 0.25) is 0 Å². The van der Waals surface area contributed by atoms with E-state index in [-0.39, 0.29) is 41.1 Å². The maximum atomic E-state index is 14.7. The van der Waals surface area contributed by atoms with E-state index >= 15 is 0 Å². The van der Waals surface area contributed by atoms with E-state index < -0.39 is 35.6 Å². The van der Waals surface area contributed by atoms with Crippen LogP contribution in [0.3, 0.4) is 0 Å². The van der Waals surface area contributed by atoms with Crippen LogP contribution >= 0.6 is 0 Å². The molecule has 0 aliphatic carbocycles. The second-order valence-electron chi connectivity index (χ2n) is 11.6. The van der Waals surface area contributed by atoms with E-state index in [2.05, 4.69) is 9.80 Å². The number of nitrogens with two attached hydrogens (primary N) is 2. The van der Waals surface area contributed by atoms with Crippen molar-refractivity contribution in [2.45, 2.75) is 51.1 Å². The number of likely N-dealkylation sites (N-methyl/N-ethyl adjacent to an activating group) is 2. The zero-order valence-corrected chi connectivity index (χ0v) is 25.2. The SMILES string of the molecule is CCN1CCN(C(Cc2ccc(N)cc2C(F)(F)F)C(=O)C(Cc2ccc(N)cc2C(F)(F)F)N2CCN(CC)CC2)CC1. The summed E-state index contributed by atoms with van der Waals surface area (Å²) >= 11 is 0.